The maximum Gasteiger partial charge on any atom is 0.238 e. The van der Waals surface area contributed by atoms with E-state index in [1.165, 1.54) is 5.56 Å². The molecule has 0 bridgehead atoms. The predicted octanol–water partition coefficient (Wildman–Crippen LogP) is 3.04. The van der Waals surface area contributed by atoms with Gasteiger partial charge in [-0.2, -0.15) is 11.8 Å². The average molecular weight is 322 g/mol. The molecule has 0 spiro atoms. The second kappa shape index (κ2) is 9.18. The van der Waals surface area contributed by atoms with Crippen molar-refractivity contribution in [2.45, 2.75) is 43.8 Å². The summed E-state index contributed by atoms with van der Waals surface area (Å²) in [4.78, 5) is 11.9. The predicted molar refractivity (Wildman–Crippen MR) is 93.3 cm³/mol. The van der Waals surface area contributed by atoms with Crippen molar-refractivity contribution in [1.29, 1.82) is 0 Å². The monoisotopic (exact) mass is 322 g/mol. The van der Waals surface area contributed by atoms with Crippen molar-refractivity contribution in [3.8, 4) is 0 Å². The lowest BCUT2D eigenvalue weighted by atomic mass is 10.2. The number of hydrogen-bond donors (Lipinski definition) is 2. The fourth-order valence-electron chi connectivity index (χ4n) is 2.36. The van der Waals surface area contributed by atoms with E-state index >= 15 is 0 Å². The van der Waals surface area contributed by atoms with Gasteiger partial charge in [0.05, 0.1) is 12.6 Å². The molecule has 4 nitrogen and oxygen atoms in total. The van der Waals surface area contributed by atoms with Crippen LogP contribution in [0, 0.1) is 0 Å². The highest BCUT2D eigenvalue weighted by molar-refractivity contribution is 7.99. The first-order valence-electron chi connectivity index (χ1n) is 7.96. The summed E-state index contributed by atoms with van der Waals surface area (Å²) in [5, 5.41) is 6.72. The minimum Gasteiger partial charge on any atom is -0.377 e. The zero-order valence-corrected chi connectivity index (χ0v) is 14.2. The normalized spacial score (nSPS) is 17.9. The quantitative estimate of drug-likeness (QED) is 0.772. The van der Waals surface area contributed by atoms with E-state index in [0.717, 1.165) is 37.4 Å². The minimum absolute atomic E-state index is 0.00772. The van der Waals surface area contributed by atoms with Gasteiger partial charge in [0.25, 0.3) is 0 Å². The third kappa shape index (κ3) is 6.38. The summed E-state index contributed by atoms with van der Waals surface area (Å²) < 4.78 is 5.52. The number of benzene rings is 1. The van der Waals surface area contributed by atoms with Gasteiger partial charge in [-0.05, 0) is 35.8 Å². The molecule has 1 fully saturated rings. The van der Waals surface area contributed by atoms with Gasteiger partial charge in [-0.3, -0.25) is 4.79 Å². The molecular formula is C17H26N2O2S. The molecule has 1 amide bonds. The van der Waals surface area contributed by atoms with E-state index in [-0.39, 0.29) is 12.0 Å². The van der Waals surface area contributed by atoms with Gasteiger partial charge in [0.2, 0.25) is 5.91 Å². The van der Waals surface area contributed by atoms with Crippen molar-refractivity contribution < 1.29 is 9.53 Å². The van der Waals surface area contributed by atoms with E-state index in [2.05, 4.69) is 30.5 Å². The Morgan fingerprint density at radius 3 is 3.05 bits per heavy atom. The summed E-state index contributed by atoms with van der Waals surface area (Å²) >= 11 is 1.90. The molecular weight excluding hydrogens is 296 g/mol. The van der Waals surface area contributed by atoms with Crippen molar-refractivity contribution in [2.75, 3.05) is 25.0 Å². The maximum absolute atomic E-state index is 11.9. The lowest BCUT2D eigenvalue weighted by Gasteiger charge is -2.11. The SMILES string of the molecule is CC(C)SCc1cccc(NC(=O)CNCC2CCCO2)c1. The van der Waals surface area contributed by atoms with Crippen molar-refractivity contribution in [2.24, 2.45) is 0 Å². The molecule has 1 unspecified atom stereocenters. The van der Waals surface area contributed by atoms with Crippen molar-refractivity contribution in [3.05, 3.63) is 29.8 Å². The number of amides is 1. The molecule has 0 aliphatic carbocycles. The number of ether oxygens (including phenoxy) is 1. The topological polar surface area (TPSA) is 50.4 Å². The number of anilines is 1. The van der Waals surface area contributed by atoms with Gasteiger partial charge in [-0.1, -0.05) is 26.0 Å². The number of carbonyl (C=O) groups excluding carboxylic acids is 1. The Bertz CT molecular complexity index is 473. The van der Waals surface area contributed by atoms with Crippen molar-refractivity contribution in [1.82, 2.24) is 5.32 Å². The van der Waals surface area contributed by atoms with Crippen LogP contribution in [0.4, 0.5) is 5.69 Å². The van der Waals surface area contributed by atoms with Gasteiger partial charge in [0.15, 0.2) is 0 Å². The van der Waals surface area contributed by atoms with E-state index in [9.17, 15) is 4.79 Å². The van der Waals surface area contributed by atoms with Crippen molar-refractivity contribution in [3.63, 3.8) is 0 Å². The first-order valence-corrected chi connectivity index (χ1v) is 9.01. The maximum atomic E-state index is 11.9. The van der Waals surface area contributed by atoms with Gasteiger partial charge in [-0.15, -0.1) is 0 Å². The zero-order valence-electron chi connectivity index (χ0n) is 13.4. The Balaban J connectivity index is 1.72. The smallest absolute Gasteiger partial charge is 0.238 e. The summed E-state index contributed by atoms with van der Waals surface area (Å²) in [7, 11) is 0. The van der Waals surface area contributed by atoms with E-state index in [4.69, 9.17) is 4.74 Å². The molecule has 1 heterocycles. The fraction of sp³-hybridized carbons (Fsp3) is 0.588. The fourth-order valence-corrected chi connectivity index (χ4v) is 3.06. The summed E-state index contributed by atoms with van der Waals surface area (Å²) in [5.41, 5.74) is 2.11. The van der Waals surface area contributed by atoms with Crippen molar-refractivity contribution >= 4 is 23.4 Å². The van der Waals surface area contributed by atoms with Crippen LogP contribution in [0.5, 0.6) is 0 Å². The van der Waals surface area contributed by atoms with Gasteiger partial charge < -0.3 is 15.4 Å². The van der Waals surface area contributed by atoms with Gasteiger partial charge in [-0.25, -0.2) is 0 Å². The molecule has 0 saturated carbocycles. The molecule has 1 aromatic rings. The van der Waals surface area contributed by atoms with Crippen LogP contribution in [-0.4, -0.2) is 37.0 Å². The minimum atomic E-state index is -0.00772. The highest BCUT2D eigenvalue weighted by Crippen LogP contribution is 2.19. The first kappa shape index (κ1) is 17.3. The third-order valence-electron chi connectivity index (χ3n) is 3.48. The molecule has 1 atom stereocenters. The van der Waals surface area contributed by atoms with Crippen LogP contribution in [0.3, 0.4) is 0 Å². The molecule has 2 N–H and O–H groups in total. The molecule has 5 heteroatoms. The lowest BCUT2D eigenvalue weighted by molar-refractivity contribution is -0.115. The average Bonchev–Trinajstić information content (AvgIpc) is 2.99. The van der Waals surface area contributed by atoms with Gasteiger partial charge in [0.1, 0.15) is 0 Å². The number of rotatable bonds is 8. The second-order valence-corrected chi connectivity index (χ2v) is 7.44. The van der Waals surface area contributed by atoms with Gasteiger partial charge >= 0.3 is 0 Å². The molecule has 1 saturated heterocycles. The Morgan fingerprint density at radius 1 is 1.45 bits per heavy atom. The van der Waals surface area contributed by atoms with E-state index in [1.807, 2.05) is 30.0 Å². The van der Waals surface area contributed by atoms with E-state index in [0.29, 0.717) is 11.8 Å². The highest BCUT2D eigenvalue weighted by Gasteiger charge is 2.15. The molecule has 2 rings (SSSR count). The number of nitrogens with one attached hydrogen (secondary N) is 2. The summed E-state index contributed by atoms with van der Waals surface area (Å²) in [5.74, 6) is 0.963. The molecule has 1 aromatic carbocycles. The number of thioether (sulfide) groups is 1. The number of carbonyl (C=O) groups is 1. The van der Waals surface area contributed by atoms with Crippen LogP contribution in [0.1, 0.15) is 32.3 Å². The Hall–Kier alpha value is -1.04. The molecule has 122 valence electrons. The standard InChI is InChI=1S/C17H26N2O2S/c1-13(2)22-12-14-5-3-6-15(9-14)19-17(20)11-18-10-16-7-4-8-21-16/h3,5-6,9,13,16,18H,4,7-8,10-12H2,1-2H3,(H,19,20). The Morgan fingerprint density at radius 2 is 2.32 bits per heavy atom. The molecule has 0 radical (unpaired) electrons. The van der Waals surface area contributed by atoms with E-state index < -0.39 is 0 Å². The molecule has 0 aromatic heterocycles. The summed E-state index contributed by atoms with van der Waals surface area (Å²) in [6.07, 6.45) is 2.48. The van der Waals surface area contributed by atoms with Crippen LogP contribution >= 0.6 is 11.8 Å². The van der Waals surface area contributed by atoms with Crippen LogP contribution in [0.25, 0.3) is 0 Å². The molecule has 1 aliphatic heterocycles. The third-order valence-corrected chi connectivity index (χ3v) is 4.64. The van der Waals surface area contributed by atoms with Crippen LogP contribution in [0.15, 0.2) is 24.3 Å². The summed E-state index contributed by atoms with van der Waals surface area (Å²) in [6.45, 7) is 6.30. The largest absolute Gasteiger partial charge is 0.377 e. The first-order chi connectivity index (χ1) is 10.6. The number of hydrogen-bond acceptors (Lipinski definition) is 4. The Labute approximate surface area is 137 Å². The zero-order chi connectivity index (χ0) is 15.8. The second-order valence-electron chi connectivity index (χ2n) is 5.87. The van der Waals surface area contributed by atoms with Gasteiger partial charge in [0, 0.05) is 24.6 Å². The molecule has 1 aliphatic rings. The highest BCUT2D eigenvalue weighted by atomic mass is 32.2. The van der Waals surface area contributed by atoms with Crippen LogP contribution in [0.2, 0.25) is 0 Å². The Kier molecular flexibility index (Phi) is 7.22. The summed E-state index contributed by atoms with van der Waals surface area (Å²) in [6, 6.07) is 8.07. The molecule has 22 heavy (non-hydrogen) atoms. The van der Waals surface area contributed by atoms with E-state index in [1.54, 1.807) is 0 Å². The van der Waals surface area contributed by atoms with Crippen LogP contribution < -0.4 is 10.6 Å². The lowest BCUT2D eigenvalue weighted by Crippen LogP contribution is -2.33. The van der Waals surface area contributed by atoms with Crippen LogP contribution in [-0.2, 0) is 15.3 Å².